The van der Waals surface area contributed by atoms with Crippen molar-refractivity contribution in [1.29, 1.82) is 0 Å². The molecule has 1 aromatic rings. The Morgan fingerprint density at radius 1 is 1.35 bits per heavy atom. The number of nitrogens with one attached hydrogen (secondary N) is 2. The fourth-order valence-electron chi connectivity index (χ4n) is 2.42. The highest BCUT2D eigenvalue weighted by molar-refractivity contribution is 8.00. The minimum Gasteiger partial charge on any atom is -0.354 e. The molecule has 0 radical (unpaired) electrons. The summed E-state index contributed by atoms with van der Waals surface area (Å²) in [5.74, 6) is 0.171. The smallest absolute Gasteiger partial charge is 0.221 e. The average molecular weight is 248 g/mol. The second kappa shape index (κ2) is 4.70. The van der Waals surface area contributed by atoms with E-state index in [1.807, 2.05) is 11.8 Å². The van der Waals surface area contributed by atoms with Crippen molar-refractivity contribution in [2.45, 2.75) is 29.0 Å². The van der Waals surface area contributed by atoms with Crippen molar-refractivity contribution in [2.24, 2.45) is 0 Å². The van der Waals surface area contributed by atoms with Crippen molar-refractivity contribution in [3.05, 3.63) is 29.8 Å². The quantitative estimate of drug-likeness (QED) is 0.844. The summed E-state index contributed by atoms with van der Waals surface area (Å²) in [7, 11) is 0. The zero-order chi connectivity index (χ0) is 11.7. The van der Waals surface area contributed by atoms with Crippen LogP contribution >= 0.6 is 11.8 Å². The predicted molar refractivity (Wildman–Crippen MR) is 69.2 cm³/mol. The van der Waals surface area contributed by atoms with E-state index in [0.717, 1.165) is 19.5 Å². The molecule has 2 atom stereocenters. The van der Waals surface area contributed by atoms with Gasteiger partial charge in [0.1, 0.15) is 0 Å². The lowest BCUT2D eigenvalue weighted by Gasteiger charge is -2.14. The summed E-state index contributed by atoms with van der Waals surface area (Å²) in [4.78, 5) is 12.5. The van der Waals surface area contributed by atoms with Crippen molar-refractivity contribution >= 4 is 17.7 Å². The van der Waals surface area contributed by atoms with E-state index >= 15 is 0 Å². The van der Waals surface area contributed by atoms with Crippen molar-refractivity contribution in [2.75, 3.05) is 13.1 Å². The molecule has 0 bridgehead atoms. The molecule has 4 heteroatoms. The second-order valence-electron chi connectivity index (χ2n) is 4.67. The van der Waals surface area contributed by atoms with Gasteiger partial charge in [-0.2, -0.15) is 0 Å². The maximum atomic E-state index is 11.1. The van der Waals surface area contributed by atoms with Crippen LogP contribution < -0.4 is 10.6 Å². The van der Waals surface area contributed by atoms with Crippen LogP contribution in [0.2, 0.25) is 0 Å². The molecule has 1 saturated heterocycles. The normalized spacial score (nSPS) is 26.9. The van der Waals surface area contributed by atoms with Gasteiger partial charge >= 0.3 is 0 Å². The maximum Gasteiger partial charge on any atom is 0.221 e. The van der Waals surface area contributed by atoms with Crippen molar-refractivity contribution in [3.8, 4) is 0 Å². The van der Waals surface area contributed by atoms with E-state index in [-0.39, 0.29) is 5.91 Å². The SMILES string of the molecule is O=C1CC(NCC2Cc3ccccc3S2)CN1. The van der Waals surface area contributed by atoms with Crippen LogP contribution in [0.1, 0.15) is 12.0 Å². The van der Waals surface area contributed by atoms with Gasteiger partial charge in [0.15, 0.2) is 0 Å². The van der Waals surface area contributed by atoms with Crippen LogP contribution in [0, 0.1) is 0 Å². The number of carbonyl (C=O) groups excluding carboxylic acids is 1. The van der Waals surface area contributed by atoms with Crippen LogP contribution in [0.15, 0.2) is 29.2 Å². The Morgan fingerprint density at radius 3 is 3.00 bits per heavy atom. The van der Waals surface area contributed by atoms with Gasteiger partial charge in [-0.15, -0.1) is 11.8 Å². The first-order chi connectivity index (χ1) is 8.31. The van der Waals surface area contributed by atoms with Crippen LogP contribution in [-0.4, -0.2) is 30.3 Å². The van der Waals surface area contributed by atoms with Crippen LogP contribution in [0.5, 0.6) is 0 Å². The highest BCUT2D eigenvalue weighted by atomic mass is 32.2. The van der Waals surface area contributed by atoms with Gasteiger partial charge in [-0.3, -0.25) is 4.79 Å². The van der Waals surface area contributed by atoms with Gasteiger partial charge in [-0.05, 0) is 18.1 Å². The van der Waals surface area contributed by atoms with Gasteiger partial charge in [0.2, 0.25) is 5.91 Å². The first-order valence-corrected chi connectivity index (χ1v) is 6.94. The molecular formula is C13H16N2OS. The molecule has 0 aromatic heterocycles. The van der Waals surface area contributed by atoms with Crippen LogP contribution in [0.25, 0.3) is 0 Å². The second-order valence-corrected chi connectivity index (χ2v) is 6.01. The molecule has 2 aliphatic rings. The minimum atomic E-state index is 0.171. The molecule has 2 aliphatic heterocycles. The number of thioether (sulfide) groups is 1. The first-order valence-electron chi connectivity index (χ1n) is 6.06. The van der Waals surface area contributed by atoms with Gasteiger partial charge in [0, 0.05) is 35.7 Å². The van der Waals surface area contributed by atoms with E-state index in [9.17, 15) is 4.79 Å². The molecule has 17 heavy (non-hydrogen) atoms. The standard InChI is InChI=1S/C13H16N2OS/c16-13-6-10(7-15-13)14-8-11-5-9-3-1-2-4-12(9)17-11/h1-4,10-11,14H,5-8H2,(H,15,16). The highest BCUT2D eigenvalue weighted by Gasteiger charge is 2.25. The van der Waals surface area contributed by atoms with Crippen LogP contribution in [0.4, 0.5) is 0 Å². The minimum absolute atomic E-state index is 0.171. The summed E-state index contributed by atoms with van der Waals surface area (Å²) in [6, 6.07) is 8.94. The Kier molecular flexibility index (Phi) is 3.07. The van der Waals surface area contributed by atoms with E-state index in [4.69, 9.17) is 0 Å². The molecule has 90 valence electrons. The molecule has 2 heterocycles. The molecule has 2 unspecified atom stereocenters. The summed E-state index contributed by atoms with van der Waals surface area (Å²) >= 11 is 1.95. The number of hydrogen-bond acceptors (Lipinski definition) is 3. The molecule has 1 amide bonds. The van der Waals surface area contributed by atoms with Crippen LogP contribution in [0.3, 0.4) is 0 Å². The first kappa shape index (κ1) is 11.1. The zero-order valence-corrected chi connectivity index (χ0v) is 10.4. The average Bonchev–Trinajstić information content (AvgIpc) is 2.91. The lowest BCUT2D eigenvalue weighted by Crippen LogP contribution is -2.35. The van der Waals surface area contributed by atoms with Gasteiger partial charge in [-0.25, -0.2) is 0 Å². The van der Waals surface area contributed by atoms with E-state index in [1.54, 1.807) is 0 Å². The number of hydrogen-bond donors (Lipinski definition) is 2. The molecule has 0 saturated carbocycles. The summed E-state index contributed by atoms with van der Waals surface area (Å²) in [5.41, 5.74) is 1.46. The number of fused-ring (bicyclic) bond motifs is 1. The molecule has 1 aromatic carbocycles. The molecular weight excluding hydrogens is 232 g/mol. The topological polar surface area (TPSA) is 41.1 Å². The summed E-state index contributed by atoms with van der Waals surface area (Å²) in [6.07, 6.45) is 1.77. The Morgan fingerprint density at radius 2 is 2.24 bits per heavy atom. The number of rotatable bonds is 3. The molecule has 0 spiro atoms. The Labute approximate surface area is 105 Å². The number of carbonyl (C=O) groups is 1. The van der Waals surface area contributed by atoms with Crippen molar-refractivity contribution < 1.29 is 4.79 Å². The molecule has 3 nitrogen and oxygen atoms in total. The summed E-state index contributed by atoms with van der Waals surface area (Å²) in [5, 5.41) is 6.95. The Hall–Kier alpha value is -1.00. The third-order valence-corrected chi connectivity index (χ3v) is 4.64. The van der Waals surface area contributed by atoms with Gasteiger partial charge in [-0.1, -0.05) is 18.2 Å². The van der Waals surface area contributed by atoms with Crippen LogP contribution in [-0.2, 0) is 11.2 Å². The molecule has 3 rings (SSSR count). The number of amides is 1. The lowest BCUT2D eigenvalue weighted by molar-refractivity contribution is -0.119. The maximum absolute atomic E-state index is 11.1. The zero-order valence-electron chi connectivity index (χ0n) is 9.61. The molecule has 2 N–H and O–H groups in total. The fraction of sp³-hybridized carbons (Fsp3) is 0.462. The van der Waals surface area contributed by atoms with E-state index in [1.165, 1.54) is 10.5 Å². The van der Waals surface area contributed by atoms with Gasteiger partial charge in [0.05, 0.1) is 0 Å². The van der Waals surface area contributed by atoms with E-state index in [0.29, 0.717) is 17.7 Å². The summed E-state index contributed by atoms with van der Waals surface area (Å²) in [6.45, 7) is 1.77. The van der Waals surface area contributed by atoms with Gasteiger partial charge < -0.3 is 10.6 Å². The fourth-order valence-corrected chi connectivity index (χ4v) is 3.68. The highest BCUT2D eigenvalue weighted by Crippen LogP contribution is 2.36. The predicted octanol–water partition coefficient (Wildman–Crippen LogP) is 1.18. The monoisotopic (exact) mass is 248 g/mol. The number of benzene rings is 1. The largest absolute Gasteiger partial charge is 0.354 e. The third-order valence-electron chi connectivity index (χ3n) is 3.33. The third kappa shape index (κ3) is 2.48. The van der Waals surface area contributed by atoms with E-state index < -0.39 is 0 Å². The molecule has 0 aliphatic carbocycles. The Bertz CT molecular complexity index is 410. The van der Waals surface area contributed by atoms with Crippen molar-refractivity contribution in [3.63, 3.8) is 0 Å². The molecule has 1 fully saturated rings. The summed E-state index contributed by atoms with van der Waals surface area (Å²) < 4.78 is 0. The van der Waals surface area contributed by atoms with E-state index in [2.05, 4.69) is 34.9 Å². The Balaban J connectivity index is 1.51. The van der Waals surface area contributed by atoms with Gasteiger partial charge in [0.25, 0.3) is 0 Å². The lowest BCUT2D eigenvalue weighted by atomic mass is 10.1. The van der Waals surface area contributed by atoms with Crippen molar-refractivity contribution in [1.82, 2.24) is 10.6 Å².